The van der Waals surface area contributed by atoms with E-state index in [9.17, 15) is 9.59 Å². The number of rotatable bonds is 6. The lowest BCUT2D eigenvalue weighted by molar-refractivity contribution is -0.157. The molecule has 2 aromatic carbocycles. The highest BCUT2D eigenvalue weighted by Crippen LogP contribution is 2.60. The van der Waals surface area contributed by atoms with Crippen LogP contribution >= 0.6 is 0 Å². The lowest BCUT2D eigenvalue weighted by Crippen LogP contribution is -2.49. The van der Waals surface area contributed by atoms with Gasteiger partial charge < -0.3 is 4.74 Å². The topological polar surface area (TPSA) is 46.6 Å². The summed E-state index contributed by atoms with van der Waals surface area (Å²) in [6, 6.07) is 19.7. The first-order chi connectivity index (χ1) is 13.8. The van der Waals surface area contributed by atoms with Crippen molar-refractivity contribution in [1.29, 1.82) is 0 Å². The van der Waals surface area contributed by atoms with E-state index in [4.69, 9.17) is 4.74 Å². The molecular weight excluding hydrogens is 362 g/mol. The fourth-order valence-corrected chi connectivity index (χ4v) is 4.94. The number of hydrogen-bond donors (Lipinski definition) is 0. The normalized spacial score (nSPS) is 26.0. The molecule has 152 valence electrons. The van der Waals surface area contributed by atoms with Crippen molar-refractivity contribution in [2.45, 2.75) is 58.8 Å². The molecule has 2 aromatic rings. The standard InChI is InChI=1S/C25H29NO3/c1-24(2)21-14-15-25(24,3)23(28)26(21)22(27)20(16-18-10-6-4-7-11-18)29-17-19-12-8-5-9-13-19/h4-13,20-21H,14-17H2,1-3H3/t20-,21-,25-/m0/s1. The SMILES string of the molecule is CC1(C)[C@@H]2CC[C@@]1(C)C(=O)N2C(=O)[C@H](Cc1ccccc1)OCc1ccccc1. The Morgan fingerprint density at radius 2 is 1.62 bits per heavy atom. The number of benzene rings is 2. The number of piperidine rings is 1. The minimum atomic E-state index is -0.680. The van der Waals surface area contributed by atoms with Crippen LogP contribution in [0.3, 0.4) is 0 Å². The average molecular weight is 392 g/mol. The van der Waals surface area contributed by atoms with E-state index in [1.807, 2.05) is 67.6 Å². The second-order valence-corrected chi connectivity index (χ2v) is 9.10. The molecule has 1 heterocycles. The maximum absolute atomic E-state index is 13.6. The molecule has 1 aliphatic heterocycles. The van der Waals surface area contributed by atoms with Crippen LogP contribution in [-0.4, -0.2) is 28.9 Å². The van der Waals surface area contributed by atoms with Gasteiger partial charge in [-0.05, 0) is 29.4 Å². The third-order valence-electron chi connectivity index (χ3n) is 7.25. The van der Waals surface area contributed by atoms with E-state index in [2.05, 4.69) is 13.8 Å². The summed E-state index contributed by atoms with van der Waals surface area (Å²) in [5.41, 5.74) is 1.36. The van der Waals surface area contributed by atoms with Crippen LogP contribution in [0.25, 0.3) is 0 Å². The molecule has 2 amide bonds. The summed E-state index contributed by atoms with van der Waals surface area (Å²) in [6.45, 7) is 6.59. The van der Waals surface area contributed by atoms with Gasteiger partial charge >= 0.3 is 0 Å². The number of ether oxygens (including phenoxy) is 1. The van der Waals surface area contributed by atoms with Crippen LogP contribution in [0.2, 0.25) is 0 Å². The molecule has 2 bridgehead atoms. The Labute approximate surface area is 172 Å². The molecule has 4 rings (SSSR count). The number of amides is 2. The first-order valence-electron chi connectivity index (χ1n) is 10.4. The van der Waals surface area contributed by atoms with Crippen molar-refractivity contribution >= 4 is 11.8 Å². The number of hydrogen-bond acceptors (Lipinski definition) is 3. The monoisotopic (exact) mass is 391 g/mol. The molecule has 0 radical (unpaired) electrons. The highest BCUT2D eigenvalue weighted by molar-refractivity contribution is 6.03. The van der Waals surface area contributed by atoms with Crippen LogP contribution in [0.1, 0.15) is 44.7 Å². The molecule has 2 fully saturated rings. The summed E-state index contributed by atoms with van der Waals surface area (Å²) in [4.78, 5) is 28.3. The van der Waals surface area contributed by atoms with Crippen molar-refractivity contribution in [3.63, 3.8) is 0 Å². The number of carbonyl (C=O) groups is 2. The number of nitrogens with zero attached hydrogens (tertiary/aromatic N) is 1. The van der Waals surface area contributed by atoms with Gasteiger partial charge in [-0.25, -0.2) is 0 Å². The number of fused-ring (bicyclic) bond motifs is 2. The van der Waals surface area contributed by atoms with Crippen LogP contribution in [0, 0.1) is 10.8 Å². The van der Waals surface area contributed by atoms with Crippen molar-refractivity contribution in [1.82, 2.24) is 4.90 Å². The third kappa shape index (κ3) is 3.29. The van der Waals surface area contributed by atoms with Gasteiger partial charge in [0.25, 0.3) is 5.91 Å². The van der Waals surface area contributed by atoms with Gasteiger partial charge in [0.2, 0.25) is 5.91 Å². The second-order valence-electron chi connectivity index (χ2n) is 9.10. The summed E-state index contributed by atoms with van der Waals surface area (Å²) < 4.78 is 6.12. The van der Waals surface area contributed by atoms with Gasteiger partial charge in [0.05, 0.1) is 12.0 Å². The fourth-order valence-electron chi connectivity index (χ4n) is 4.94. The largest absolute Gasteiger partial charge is 0.363 e. The van der Waals surface area contributed by atoms with Crippen LogP contribution in [-0.2, 0) is 27.4 Å². The Bertz CT molecular complexity index is 893. The smallest absolute Gasteiger partial charge is 0.258 e. The predicted molar refractivity (Wildman–Crippen MR) is 112 cm³/mol. The van der Waals surface area contributed by atoms with Gasteiger partial charge in [-0.2, -0.15) is 0 Å². The fraction of sp³-hybridized carbons (Fsp3) is 0.440. The van der Waals surface area contributed by atoms with E-state index >= 15 is 0 Å². The van der Waals surface area contributed by atoms with E-state index < -0.39 is 11.5 Å². The molecule has 1 aliphatic carbocycles. The summed E-state index contributed by atoms with van der Waals surface area (Å²) in [5, 5.41) is 0. The van der Waals surface area contributed by atoms with Gasteiger partial charge in [-0.15, -0.1) is 0 Å². The molecule has 4 heteroatoms. The first-order valence-corrected chi connectivity index (χ1v) is 10.4. The Hall–Kier alpha value is -2.46. The molecule has 1 saturated carbocycles. The maximum Gasteiger partial charge on any atom is 0.258 e. The Morgan fingerprint density at radius 1 is 1.03 bits per heavy atom. The minimum Gasteiger partial charge on any atom is -0.363 e. The molecule has 0 spiro atoms. The van der Waals surface area contributed by atoms with Crippen molar-refractivity contribution in [2.24, 2.45) is 10.8 Å². The molecule has 29 heavy (non-hydrogen) atoms. The van der Waals surface area contributed by atoms with Crippen molar-refractivity contribution in [2.75, 3.05) is 0 Å². The maximum atomic E-state index is 13.6. The molecule has 3 atom stereocenters. The van der Waals surface area contributed by atoms with Crippen LogP contribution < -0.4 is 0 Å². The van der Waals surface area contributed by atoms with Crippen molar-refractivity contribution in [3.8, 4) is 0 Å². The zero-order chi connectivity index (χ0) is 20.6. The van der Waals surface area contributed by atoms with Crippen molar-refractivity contribution < 1.29 is 14.3 Å². The van der Waals surface area contributed by atoms with Gasteiger partial charge in [-0.1, -0.05) is 81.4 Å². The van der Waals surface area contributed by atoms with E-state index in [-0.39, 0.29) is 23.3 Å². The lowest BCUT2D eigenvalue weighted by Gasteiger charge is -2.31. The van der Waals surface area contributed by atoms with E-state index in [0.29, 0.717) is 13.0 Å². The Kier molecular flexibility index (Phi) is 5.07. The highest BCUT2D eigenvalue weighted by atomic mass is 16.5. The number of carbonyl (C=O) groups excluding carboxylic acids is 2. The van der Waals surface area contributed by atoms with E-state index in [0.717, 1.165) is 24.0 Å². The summed E-state index contributed by atoms with van der Waals surface area (Å²) in [5.74, 6) is -0.235. The van der Waals surface area contributed by atoms with Crippen LogP contribution in [0.4, 0.5) is 0 Å². The third-order valence-corrected chi connectivity index (χ3v) is 7.25. The van der Waals surface area contributed by atoms with Crippen LogP contribution in [0.15, 0.2) is 60.7 Å². The predicted octanol–water partition coefficient (Wildman–Crippen LogP) is 4.38. The number of imide groups is 1. The highest BCUT2D eigenvalue weighted by Gasteiger charge is 2.67. The molecule has 4 nitrogen and oxygen atoms in total. The van der Waals surface area contributed by atoms with E-state index in [1.54, 1.807) is 0 Å². The minimum absolute atomic E-state index is 0.0369. The average Bonchev–Trinajstić information content (AvgIpc) is 3.04. The first kappa shape index (κ1) is 19.8. The Balaban J connectivity index is 1.58. The quantitative estimate of drug-likeness (QED) is 0.734. The van der Waals surface area contributed by atoms with Gasteiger partial charge in [-0.3, -0.25) is 14.5 Å². The molecule has 2 aliphatic rings. The summed E-state index contributed by atoms with van der Waals surface area (Å²) in [6.07, 6.45) is 1.50. The zero-order valence-corrected chi connectivity index (χ0v) is 17.4. The molecule has 1 saturated heterocycles. The molecule has 0 aromatic heterocycles. The summed E-state index contributed by atoms with van der Waals surface area (Å²) in [7, 11) is 0. The summed E-state index contributed by atoms with van der Waals surface area (Å²) >= 11 is 0. The lowest BCUT2D eigenvalue weighted by atomic mass is 9.70. The van der Waals surface area contributed by atoms with Crippen molar-refractivity contribution in [3.05, 3.63) is 71.8 Å². The molecule has 0 unspecified atom stereocenters. The zero-order valence-electron chi connectivity index (χ0n) is 17.4. The van der Waals surface area contributed by atoms with Gasteiger partial charge in [0.1, 0.15) is 6.10 Å². The van der Waals surface area contributed by atoms with Crippen LogP contribution in [0.5, 0.6) is 0 Å². The molecule has 0 N–H and O–H groups in total. The van der Waals surface area contributed by atoms with Gasteiger partial charge in [0, 0.05) is 12.5 Å². The van der Waals surface area contributed by atoms with E-state index in [1.165, 1.54) is 4.90 Å². The molecular formula is C25H29NO3. The van der Waals surface area contributed by atoms with Gasteiger partial charge in [0.15, 0.2) is 0 Å². The Morgan fingerprint density at radius 3 is 2.17 bits per heavy atom. The number of likely N-dealkylation sites (tertiary alicyclic amines) is 1. The second kappa shape index (κ2) is 7.42.